The molecule has 3 aromatic heterocycles. The Morgan fingerprint density at radius 1 is 1.04 bits per heavy atom. The summed E-state index contributed by atoms with van der Waals surface area (Å²) in [7, 11) is 1.80. The Labute approximate surface area is 157 Å². The molecule has 3 heterocycles. The van der Waals surface area contributed by atoms with Gasteiger partial charge < -0.3 is 9.88 Å². The number of imidazole rings is 1. The quantitative estimate of drug-likeness (QED) is 0.577. The lowest BCUT2D eigenvalue weighted by Crippen LogP contribution is -2.09. The highest BCUT2D eigenvalue weighted by atomic mass is 19.4. The number of rotatable bonds is 3. The monoisotopic (exact) mass is 387 g/mol. The van der Waals surface area contributed by atoms with E-state index in [9.17, 15) is 13.2 Å². The van der Waals surface area contributed by atoms with Gasteiger partial charge in [0, 0.05) is 18.4 Å². The molecule has 10 heteroatoms. The van der Waals surface area contributed by atoms with Crippen molar-refractivity contribution >= 4 is 22.7 Å². The van der Waals surface area contributed by atoms with E-state index in [1.165, 1.54) is 12.1 Å². The van der Waals surface area contributed by atoms with Crippen molar-refractivity contribution in [3.63, 3.8) is 0 Å². The first-order chi connectivity index (χ1) is 13.2. The standard InChI is InChI=1S/C18H16F3N7/c1-10-8-11(2)28(26-10)17-24-15(14-16(25-17)27(3)9-22-14)23-13-6-4-12(5-7-13)18(19,20)21/h4-9H,1-3H3,(H,23,24,25). The maximum atomic E-state index is 12.8. The van der Waals surface area contributed by atoms with Crippen LogP contribution < -0.4 is 5.32 Å². The van der Waals surface area contributed by atoms with Crippen molar-refractivity contribution in [2.24, 2.45) is 7.05 Å². The van der Waals surface area contributed by atoms with E-state index in [1.807, 2.05) is 19.9 Å². The molecule has 0 aliphatic carbocycles. The third kappa shape index (κ3) is 3.17. The van der Waals surface area contributed by atoms with E-state index in [0.29, 0.717) is 28.6 Å². The molecule has 0 aliphatic heterocycles. The average Bonchev–Trinajstić information content (AvgIpc) is 3.17. The zero-order valence-corrected chi connectivity index (χ0v) is 15.3. The van der Waals surface area contributed by atoms with E-state index >= 15 is 0 Å². The van der Waals surface area contributed by atoms with Crippen molar-refractivity contribution in [3.05, 3.63) is 53.6 Å². The van der Waals surface area contributed by atoms with Gasteiger partial charge in [0.1, 0.15) is 0 Å². The van der Waals surface area contributed by atoms with E-state index in [1.54, 1.807) is 22.6 Å². The Morgan fingerprint density at radius 3 is 2.36 bits per heavy atom. The van der Waals surface area contributed by atoms with Gasteiger partial charge in [0.05, 0.1) is 17.6 Å². The van der Waals surface area contributed by atoms with Crippen LogP contribution in [-0.4, -0.2) is 29.3 Å². The van der Waals surface area contributed by atoms with Crippen LogP contribution >= 0.6 is 0 Å². The van der Waals surface area contributed by atoms with Crippen molar-refractivity contribution < 1.29 is 13.2 Å². The highest BCUT2D eigenvalue weighted by Gasteiger charge is 2.30. The molecular formula is C18H16F3N7. The highest BCUT2D eigenvalue weighted by molar-refractivity contribution is 5.86. The number of alkyl halides is 3. The fourth-order valence-corrected chi connectivity index (χ4v) is 2.89. The van der Waals surface area contributed by atoms with Gasteiger partial charge in [0.15, 0.2) is 17.0 Å². The number of hydrogen-bond acceptors (Lipinski definition) is 5. The second kappa shape index (κ2) is 6.32. The van der Waals surface area contributed by atoms with Crippen LogP contribution in [0, 0.1) is 13.8 Å². The number of halogens is 3. The third-order valence-corrected chi connectivity index (χ3v) is 4.22. The average molecular weight is 387 g/mol. The zero-order valence-electron chi connectivity index (χ0n) is 15.3. The fraction of sp³-hybridized carbons (Fsp3) is 0.222. The lowest BCUT2D eigenvalue weighted by atomic mass is 10.2. The van der Waals surface area contributed by atoms with Crippen LogP contribution in [0.3, 0.4) is 0 Å². The van der Waals surface area contributed by atoms with E-state index < -0.39 is 11.7 Å². The van der Waals surface area contributed by atoms with E-state index in [4.69, 9.17) is 0 Å². The summed E-state index contributed by atoms with van der Waals surface area (Å²) in [6.07, 6.45) is -2.79. The first kappa shape index (κ1) is 18.0. The molecule has 1 aromatic carbocycles. The van der Waals surface area contributed by atoms with Gasteiger partial charge in [-0.2, -0.15) is 28.2 Å². The largest absolute Gasteiger partial charge is 0.416 e. The Morgan fingerprint density at radius 2 is 1.75 bits per heavy atom. The second-order valence-corrected chi connectivity index (χ2v) is 6.44. The van der Waals surface area contributed by atoms with E-state index in [-0.39, 0.29) is 0 Å². The molecule has 0 atom stereocenters. The van der Waals surface area contributed by atoms with Gasteiger partial charge in [0.2, 0.25) is 0 Å². The van der Waals surface area contributed by atoms with Crippen molar-refractivity contribution in [2.75, 3.05) is 5.32 Å². The van der Waals surface area contributed by atoms with Gasteiger partial charge in [-0.15, -0.1) is 0 Å². The van der Waals surface area contributed by atoms with Crippen molar-refractivity contribution in [1.82, 2.24) is 29.3 Å². The second-order valence-electron chi connectivity index (χ2n) is 6.44. The molecule has 0 fully saturated rings. The minimum absolute atomic E-state index is 0.344. The molecule has 0 amide bonds. The summed E-state index contributed by atoms with van der Waals surface area (Å²) in [5.74, 6) is 0.726. The number of nitrogens with zero attached hydrogens (tertiary/aromatic N) is 6. The molecular weight excluding hydrogens is 371 g/mol. The molecule has 0 radical (unpaired) electrons. The molecule has 4 rings (SSSR count). The molecule has 144 valence electrons. The molecule has 0 bridgehead atoms. The molecule has 0 aliphatic rings. The first-order valence-corrected chi connectivity index (χ1v) is 8.39. The Hall–Kier alpha value is -3.43. The SMILES string of the molecule is Cc1cc(C)n(-c2nc(Nc3ccc(C(F)(F)F)cc3)c3ncn(C)c3n2)n1. The smallest absolute Gasteiger partial charge is 0.338 e. The Balaban J connectivity index is 1.79. The number of benzene rings is 1. The van der Waals surface area contributed by atoms with Crippen LogP contribution in [0.5, 0.6) is 0 Å². The van der Waals surface area contributed by atoms with Gasteiger partial charge in [-0.3, -0.25) is 0 Å². The molecule has 1 N–H and O–H groups in total. The highest BCUT2D eigenvalue weighted by Crippen LogP contribution is 2.31. The molecule has 0 spiro atoms. The lowest BCUT2D eigenvalue weighted by molar-refractivity contribution is -0.137. The number of hydrogen-bond donors (Lipinski definition) is 1. The van der Waals surface area contributed by atoms with Crippen LogP contribution in [0.1, 0.15) is 17.0 Å². The van der Waals surface area contributed by atoms with E-state index in [0.717, 1.165) is 23.5 Å². The number of anilines is 2. The number of aromatic nitrogens is 6. The molecule has 28 heavy (non-hydrogen) atoms. The van der Waals surface area contributed by atoms with Gasteiger partial charge in [-0.1, -0.05) is 0 Å². The number of nitrogens with one attached hydrogen (secondary N) is 1. The van der Waals surface area contributed by atoms with E-state index in [2.05, 4.69) is 25.4 Å². The Bertz CT molecular complexity index is 1160. The fourth-order valence-electron chi connectivity index (χ4n) is 2.89. The maximum absolute atomic E-state index is 12.8. The molecule has 0 unspecified atom stereocenters. The summed E-state index contributed by atoms with van der Waals surface area (Å²) in [5.41, 5.74) is 2.51. The predicted octanol–water partition coefficient (Wildman–Crippen LogP) is 3.93. The minimum atomic E-state index is -4.38. The molecule has 7 nitrogen and oxygen atoms in total. The van der Waals surface area contributed by atoms with Crippen LogP contribution in [0.2, 0.25) is 0 Å². The molecule has 4 aromatic rings. The van der Waals surface area contributed by atoms with Gasteiger partial charge in [-0.05, 0) is 44.2 Å². The third-order valence-electron chi connectivity index (χ3n) is 4.22. The van der Waals surface area contributed by atoms with Gasteiger partial charge in [0.25, 0.3) is 5.95 Å². The van der Waals surface area contributed by atoms with Crippen LogP contribution in [0.4, 0.5) is 24.7 Å². The van der Waals surface area contributed by atoms with Gasteiger partial charge in [-0.25, -0.2) is 9.67 Å². The summed E-state index contributed by atoms with van der Waals surface area (Å²) in [5, 5.41) is 7.44. The van der Waals surface area contributed by atoms with Crippen molar-refractivity contribution in [3.8, 4) is 5.95 Å². The summed E-state index contributed by atoms with van der Waals surface area (Å²) in [6, 6.07) is 6.63. The normalized spacial score (nSPS) is 11.9. The van der Waals surface area contributed by atoms with Gasteiger partial charge >= 0.3 is 6.18 Å². The molecule has 0 saturated heterocycles. The summed E-state index contributed by atoms with van der Waals surface area (Å²) < 4.78 is 41.7. The molecule has 0 saturated carbocycles. The van der Waals surface area contributed by atoms with Crippen molar-refractivity contribution in [2.45, 2.75) is 20.0 Å². The maximum Gasteiger partial charge on any atom is 0.416 e. The van der Waals surface area contributed by atoms with Crippen LogP contribution in [0.15, 0.2) is 36.7 Å². The van der Waals surface area contributed by atoms with Crippen LogP contribution in [0.25, 0.3) is 17.1 Å². The predicted molar refractivity (Wildman–Crippen MR) is 97.6 cm³/mol. The zero-order chi connectivity index (χ0) is 20.1. The summed E-state index contributed by atoms with van der Waals surface area (Å²) >= 11 is 0. The minimum Gasteiger partial charge on any atom is -0.338 e. The van der Waals surface area contributed by atoms with Crippen molar-refractivity contribution in [1.29, 1.82) is 0 Å². The first-order valence-electron chi connectivity index (χ1n) is 8.39. The number of fused-ring (bicyclic) bond motifs is 1. The Kier molecular flexibility index (Phi) is 4.06. The van der Waals surface area contributed by atoms with Crippen LogP contribution in [-0.2, 0) is 13.2 Å². The number of aryl methyl sites for hydroxylation is 3. The lowest BCUT2D eigenvalue weighted by Gasteiger charge is -2.11. The summed E-state index contributed by atoms with van der Waals surface area (Å²) in [6.45, 7) is 3.76. The summed E-state index contributed by atoms with van der Waals surface area (Å²) in [4.78, 5) is 13.3. The topological polar surface area (TPSA) is 73.5 Å².